The van der Waals surface area contributed by atoms with Crippen LogP contribution < -0.4 is 10.1 Å². The maximum absolute atomic E-state index is 12.4. The summed E-state index contributed by atoms with van der Waals surface area (Å²) in [7, 11) is 0. The van der Waals surface area contributed by atoms with Gasteiger partial charge in [0.05, 0.1) is 24.3 Å². The molecular weight excluding hydrogens is 424 g/mol. The van der Waals surface area contributed by atoms with Crippen molar-refractivity contribution in [1.82, 2.24) is 4.90 Å². The number of para-hydroxylation sites is 1. The first-order chi connectivity index (χ1) is 13.6. The van der Waals surface area contributed by atoms with E-state index in [0.29, 0.717) is 57.0 Å². The van der Waals surface area contributed by atoms with Crippen LogP contribution in [0.15, 0.2) is 53.0 Å². The number of nitrogens with zero attached hydrogens (tertiary/aromatic N) is 1. The molecule has 0 spiro atoms. The van der Waals surface area contributed by atoms with E-state index >= 15 is 0 Å². The molecule has 0 bridgehead atoms. The number of halogens is 1. The SMILES string of the molecule is O=C(CCCOc1ccccc1Br)Nc1ccc(C(=O)N2CCOCC2)cc1. The lowest BCUT2D eigenvalue weighted by Gasteiger charge is -2.26. The smallest absolute Gasteiger partial charge is 0.254 e. The van der Waals surface area contributed by atoms with E-state index in [2.05, 4.69) is 21.2 Å². The van der Waals surface area contributed by atoms with Gasteiger partial charge in [-0.15, -0.1) is 0 Å². The summed E-state index contributed by atoms with van der Waals surface area (Å²) in [6, 6.07) is 14.6. The van der Waals surface area contributed by atoms with Gasteiger partial charge in [0.2, 0.25) is 5.91 Å². The topological polar surface area (TPSA) is 67.9 Å². The van der Waals surface area contributed by atoms with Crippen LogP contribution in [-0.2, 0) is 9.53 Å². The van der Waals surface area contributed by atoms with Gasteiger partial charge in [-0.1, -0.05) is 12.1 Å². The number of amides is 2. The third-order valence-electron chi connectivity index (χ3n) is 4.36. The van der Waals surface area contributed by atoms with Gasteiger partial charge in [0.1, 0.15) is 5.75 Å². The first kappa shape index (κ1) is 20.4. The highest BCUT2D eigenvalue weighted by Crippen LogP contribution is 2.23. The van der Waals surface area contributed by atoms with Crippen molar-refractivity contribution in [2.75, 3.05) is 38.2 Å². The Labute approximate surface area is 172 Å². The number of hydrogen-bond acceptors (Lipinski definition) is 4. The molecule has 148 valence electrons. The molecule has 2 aromatic carbocycles. The number of hydrogen-bond donors (Lipinski definition) is 1. The van der Waals surface area contributed by atoms with Gasteiger partial charge in [-0.3, -0.25) is 9.59 Å². The van der Waals surface area contributed by atoms with E-state index in [1.54, 1.807) is 29.2 Å². The predicted octanol–water partition coefficient (Wildman–Crippen LogP) is 3.72. The first-order valence-electron chi connectivity index (χ1n) is 9.28. The molecule has 0 unspecified atom stereocenters. The first-order valence-corrected chi connectivity index (χ1v) is 10.1. The summed E-state index contributed by atoms with van der Waals surface area (Å²) in [6.07, 6.45) is 0.972. The van der Waals surface area contributed by atoms with E-state index in [9.17, 15) is 9.59 Å². The third kappa shape index (κ3) is 5.81. The van der Waals surface area contributed by atoms with Crippen LogP contribution in [-0.4, -0.2) is 49.6 Å². The average molecular weight is 447 g/mol. The second-order valence-corrected chi connectivity index (χ2v) is 7.27. The van der Waals surface area contributed by atoms with Gasteiger partial charge in [0, 0.05) is 30.8 Å². The zero-order valence-corrected chi connectivity index (χ0v) is 17.1. The number of ether oxygens (including phenoxy) is 2. The maximum atomic E-state index is 12.4. The summed E-state index contributed by atoms with van der Waals surface area (Å²) in [5.41, 5.74) is 1.29. The lowest BCUT2D eigenvalue weighted by molar-refractivity contribution is -0.116. The number of nitrogens with one attached hydrogen (secondary N) is 1. The molecule has 0 aliphatic carbocycles. The zero-order valence-electron chi connectivity index (χ0n) is 15.5. The molecule has 0 saturated carbocycles. The van der Waals surface area contributed by atoms with Gasteiger partial charge in [0.25, 0.3) is 5.91 Å². The van der Waals surface area contributed by atoms with Crippen LogP contribution in [0.1, 0.15) is 23.2 Å². The summed E-state index contributed by atoms with van der Waals surface area (Å²) in [4.78, 5) is 26.3. The minimum atomic E-state index is -0.0806. The fraction of sp³-hybridized carbons (Fsp3) is 0.333. The van der Waals surface area contributed by atoms with Crippen molar-refractivity contribution in [2.45, 2.75) is 12.8 Å². The molecular formula is C21H23BrN2O4. The molecule has 2 aromatic rings. The predicted molar refractivity (Wildman–Crippen MR) is 111 cm³/mol. The van der Waals surface area contributed by atoms with Crippen molar-refractivity contribution in [3.05, 3.63) is 58.6 Å². The van der Waals surface area contributed by atoms with Crippen LogP contribution in [0.2, 0.25) is 0 Å². The lowest BCUT2D eigenvalue weighted by atomic mass is 10.1. The van der Waals surface area contributed by atoms with Crippen LogP contribution in [0.3, 0.4) is 0 Å². The van der Waals surface area contributed by atoms with E-state index in [4.69, 9.17) is 9.47 Å². The normalized spacial score (nSPS) is 13.8. The monoisotopic (exact) mass is 446 g/mol. The highest BCUT2D eigenvalue weighted by molar-refractivity contribution is 9.10. The van der Waals surface area contributed by atoms with Crippen LogP contribution >= 0.6 is 15.9 Å². The molecule has 1 saturated heterocycles. The van der Waals surface area contributed by atoms with Gasteiger partial charge in [-0.2, -0.15) is 0 Å². The van der Waals surface area contributed by atoms with Crippen LogP contribution in [0.4, 0.5) is 5.69 Å². The van der Waals surface area contributed by atoms with Gasteiger partial charge < -0.3 is 19.7 Å². The molecule has 1 aliphatic heterocycles. The number of rotatable bonds is 7. The van der Waals surface area contributed by atoms with Crippen molar-refractivity contribution < 1.29 is 19.1 Å². The summed E-state index contributed by atoms with van der Waals surface area (Å²) >= 11 is 3.43. The molecule has 0 atom stereocenters. The minimum Gasteiger partial charge on any atom is -0.492 e. The Morgan fingerprint density at radius 1 is 1.07 bits per heavy atom. The Balaban J connectivity index is 1.41. The molecule has 1 heterocycles. The zero-order chi connectivity index (χ0) is 19.8. The molecule has 1 aliphatic rings. The largest absolute Gasteiger partial charge is 0.492 e. The second kappa shape index (κ2) is 10.2. The molecule has 1 N–H and O–H groups in total. The molecule has 0 aromatic heterocycles. The molecule has 6 nitrogen and oxygen atoms in total. The van der Waals surface area contributed by atoms with Crippen molar-refractivity contribution in [3.63, 3.8) is 0 Å². The fourth-order valence-corrected chi connectivity index (χ4v) is 3.24. The van der Waals surface area contributed by atoms with Gasteiger partial charge in [0.15, 0.2) is 0 Å². The number of benzene rings is 2. The van der Waals surface area contributed by atoms with Gasteiger partial charge in [-0.05, 0) is 58.7 Å². The second-order valence-electron chi connectivity index (χ2n) is 6.41. The van der Waals surface area contributed by atoms with Gasteiger partial charge in [-0.25, -0.2) is 0 Å². The average Bonchev–Trinajstić information content (AvgIpc) is 2.73. The number of anilines is 1. The van der Waals surface area contributed by atoms with E-state index in [1.165, 1.54) is 0 Å². The van der Waals surface area contributed by atoms with E-state index in [0.717, 1.165) is 10.2 Å². The van der Waals surface area contributed by atoms with Crippen LogP contribution in [0.5, 0.6) is 5.75 Å². The lowest BCUT2D eigenvalue weighted by Crippen LogP contribution is -2.40. The maximum Gasteiger partial charge on any atom is 0.254 e. The highest BCUT2D eigenvalue weighted by Gasteiger charge is 2.18. The minimum absolute atomic E-state index is 0.00889. The van der Waals surface area contributed by atoms with E-state index in [1.807, 2.05) is 24.3 Å². The molecule has 0 radical (unpaired) electrons. The molecule has 28 heavy (non-hydrogen) atoms. The summed E-state index contributed by atoms with van der Waals surface area (Å²) in [5.74, 6) is 0.678. The van der Waals surface area contributed by atoms with Crippen molar-refractivity contribution in [3.8, 4) is 5.75 Å². The molecule has 1 fully saturated rings. The summed E-state index contributed by atoms with van der Waals surface area (Å²) < 4.78 is 11.8. The van der Waals surface area contributed by atoms with E-state index in [-0.39, 0.29) is 11.8 Å². The quantitative estimate of drug-likeness (QED) is 0.658. The number of carbonyl (C=O) groups excluding carboxylic acids is 2. The van der Waals surface area contributed by atoms with Crippen molar-refractivity contribution >= 4 is 33.4 Å². The molecule has 3 rings (SSSR count). The Hall–Kier alpha value is -2.38. The molecule has 2 amide bonds. The van der Waals surface area contributed by atoms with Crippen LogP contribution in [0, 0.1) is 0 Å². The summed E-state index contributed by atoms with van der Waals surface area (Å²) in [5, 5.41) is 2.85. The van der Waals surface area contributed by atoms with Crippen molar-refractivity contribution in [2.24, 2.45) is 0 Å². The number of carbonyl (C=O) groups is 2. The highest BCUT2D eigenvalue weighted by atomic mass is 79.9. The number of morpholine rings is 1. The Morgan fingerprint density at radius 3 is 2.50 bits per heavy atom. The Kier molecular flexibility index (Phi) is 7.45. The standard InChI is InChI=1S/C21H23BrN2O4/c22-18-4-1-2-5-19(18)28-13-3-6-20(25)23-17-9-7-16(8-10-17)21(26)24-11-14-27-15-12-24/h1-2,4-5,7-10H,3,6,11-15H2,(H,23,25). The van der Waals surface area contributed by atoms with Crippen molar-refractivity contribution in [1.29, 1.82) is 0 Å². The Bertz CT molecular complexity index is 804. The van der Waals surface area contributed by atoms with Gasteiger partial charge >= 0.3 is 0 Å². The fourth-order valence-electron chi connectivity index (χ4n) is 2.85. The third-order valence-corrected chi connectivity index (χ3v) is 5.01. The summed E-state index contributed by atoms with van der Waals surface area (Å²) in [6.45, 7) is 2.83. The van der Waals surface area contributed by atoms with E-state index < -0.39 is 0 Å². The Morgan fingerprint density at radius 2 is 1.79 bits per heavy atom. The molecule has 7 heteroatoms. The van der Waals surface area contributed by atoms with Crippen LogP contribution in [0.25, 0.3) is 0 Å².